The number of carbonyl (C=O) groups is 3. The van der Waals surface area contributed by atoms with Crippen molar-refractivity contribution in [2.24, 2.45) is 0 Å². The van der Waals surface area contributed by atoms with Gasteiger partial charge in [-0.25, -0.2) is 4.79 Å². The Bertz CT molecular complexity index is 1200. The number of rotatable bonds is 45. The van der Waals surface area contributed by atoms with Crippen LogP contribution >= 0.6 is 0 Å². The third-order valence-electron chi connectivity index (χ3n) is 11.3. The number of carboxylic acid groups (broad SMARTS) is 1. The molecule has 0 aliphatic carbocycles. The predicted molar refractivity (Wildman–Crippen MR) is 261 cm³/mol. The Morgan fingerprint density at radius 3 is 1.32 bits per heavy atom. The van der Waals surface area contributed by atoms with Crippen LogP contribution in [0.3, 0.4) is 0 Å². The van der Waals surface area contributed by atoms with Crippen LogP contribution in [0.1, 0.15) is 213 Å². The zero-order valence-corrected chi connectivity index (χ0v) is 40.8. The third-order valence-corrected chi connectivity index (χ3v) is 11.3. The fourth-order valence-electron chi connectivity index (χ4n) is 7.36. The highest BCUT2D eigenvalue weighted by Gasteiger charge is 2.31. The molecule has 0 saturated carbocycles. The van der Waals surface area contributed by atoms with Crippen LogP contribution in [0.25, 0.3) is 0 Å². The number of quaternary nitrogens is 1. The Morgan fingerprint density at radius 1 is 0.484 bits per heavy atom. The van der Waals surface area contributed by atoms with Crippen LogP contribution in [0.5, 0.6) is 0 Å². The molecule has 8 heteroatoms. The summed E-state index contributed by atoms with van der Waals surface area (Å²) in [5, 5.41) is 9.65. The molecule has 2 atom stereocenters. The first kappa shape index (κ1) is 59.0. The second-order valence-corrected chi connectivity index (χ2v) is 18.2. The topological polar surface area (TPSA) is 99.1 Å². The van der Waals surface area contributed by atoms with E-state index in [4.69, 9.17) is 14.2 Å². The van der Waals surface area contributed by atoms with Crippen molar-refractivity contribution in [1.82, 2.24) is 0 Å². The first-order chi connectivity index (χ1) is 30.1. The summed E-state index contributed by atoms with van der Waals surface area (Å²) in [5.74, 6) is -1.49. The Kier molecular flexibility index (Phi) is 42.5. The minimum absolute atomic E-state index is 0.0502. The van der Waals surface area contributed by atoms with Gasteiger partial charge in [0.2, 0.25) is 0 Å². The summed E-state index contributed by atoms with van der Waals surface area (Å²) in [6.07, 6.45) is 55.5. The molecule has 0 aliphatic rings. The summed E-state index contributed by atoms with van der Waals surface area (Å²) < 4.78 is 17.3. The van der Waals surface area contributed by atoms with Crippen molar-refractivity contribution in [2.45, 2.75) is 225 Å². The van der Waals surface area contributed by atoms with Crippen LogP contribution < -0.4 is 0 Å². The lowest BCUT2D eigenvalue weighted by Crippen LogP contribution is -2.50. The van der Waals surface area contributed by atoms with Gasteiger partial charge in [-0.05, 0) is 32.1 Å². The molecule has 0 rings (SSSR count). The van der Waals surface area contributed by atoms with Gasteiger partial charge in [-0.1, -0.05) is 222 Å². The second kappa shape index (κ2) is 44.6. The molecule has 0 aromatic carbocycles. The summed E-state index contributed by atoms with van der Waals surface area (Å²) in [7, 11) is 5.52. The van der Waals surface area contributed by atoms with Gasteiger partial charge in [-0.2, -0.15) is 0 Å². The molecule has 62 heavy (non-hydrogen) atoms. The molecule has 0 bridgehead atoms. The maximum absolute atomic E-state index is 12.8. The number of allylic oxidation sites excluding steroid dienone is 10. The second-order valence-electron chi connectivity index (χ2n) is 18.2. The molecule has 0 saturated heterocycles. The van der Waals surface area contributed by atoms with E-state index in [-0.39, 0.29) is 36.2 Å². The molecule has 0 amide bonds. The summed E-state index contributed by atoms with van der Waals surface area (Å²) in [4.78, 5) is 37.1. The van der Waals surface area contributed by atoms with E-state index in [1.165, 1.54) is 116 Å². The number of nitrogens with zero attached hydrogens (tertiary/aromatic N) is 1. The molecular weight excluding hydrogens is 775 g/mol. The number of esters is 2. The highest BCUT2D eigenvalue weighted by molar-refractivity contribution is 5.72. The lowest BCUT2D eigenvalue weighted by molar-refractivity contribution is -0.887. The van der Waals surface area contributed by atoms with Crippen LogP contribution in [-0.4, -0.2) is 80.6 Å². The molecule has 0 aromatic rings. The molecule has 0 fully saturated rings. The van der Waals surface area contributed by atoms with Gasteiger partial charge < -0.3 is 23.8 Å². The van der Waals surface area contributed by atoms with Gasteiger partial charge in [-0.15, -0.1) is 0 Å². The smallest absolute Gasteiger partial charge is 0.362 e. The number of unbranched alkanes of at least 4 members (excludes halogenated alkanes) is 25. The van der Waals surface area contributed by atoms with E-state index < -0.39 is 18.1 Å². The van der Waals surface area contributed by atoms with Crippen molar-refractivity contribution in [3.05, 3.63) is 60.8 Å². The summed E-state index contributed by atoms with van der Waals surface area (Å²) in [6, 6.07) is -0.622. The van der Waals surface area contributed by atoms with Crippen LogP contribution in [0.15, 0.2) is 60.8 Å². The van der Waals surface area contributed by atoms with Gasteiger partial charge in [0.05, 0.1) is 34.4 Å². The molecule has 358 valence electrons. The molecule has 0 aliphatic heterocycles. The number of carbonyl (C=O) groups excluding carboxylic acids is 2. The normalized spacial score (nSPS) is 13.4. The van der Waals surface area contributed by atoms with Crippen molar-refractivity contribution < 1.29 is 38.2 Å². The van der Waals surface area contributed by atoms with Crippen molar-refractivity contribution in [3.63, 3.8) is 0 Å². The van der Waals surface area contributed by atoms with E-state index >= 15 is 0 Å². The molecule has 8 nitrogen and oxygen atoms in total. The Hall–Kier alpha value is -2.97. The summed E-state index contributed by atoms with van der Waals surface area (Å²) >= 11 is 0. The Balaban J connectivity index is 4.29. The average Bonchev–Trinajstić information content (AvgIpc) is 3.23. The third kappa shape index (κ3) is 42.3. The Morgan fingerprint density at radius 2 is 0.887 bits per heavy atom. The maximum atomic E-state index is 12.8. The average molecular weight is 871 g/mol. The molecule has 2 unspecified atom stereocenters. The monoisotopic (exact) mass is 871 g/mol. The molecule has 0 spiro atoms. The van der Waals surface area contributed by atoms with Gasteiger partial charge in [0.25, 0.3) is 0 Å². The lowest BCUT2D eigenvalue weighted by Gasteiger charge is -2.31. The minimum atomic E-state index is -0.880. The number of hydrogen-bond donors (Lipinski definition) is 1. The highest BCUT2D eigenvalue weighted by Crippen LogP contribution is 2.16. The number of likely N-dealkylation sites (N-methyl/N-ethyl adjacent to an activating group) is 1. The number of hydrogen-bond acceptors (Lipinski definition) is 6. The molecule has 0 radical (unpaired) electrons. The van der Waals surface area contributed by atoms with Gasteiger partial charge in [0, 0.05) is 19.3 Å². The largest absolute Gasteiger partial charge is 0.477 e. The summed E-state index contributed by atoms with van der Waals surface area (Å²) in [6.45, 7) is 4.64. The number of carboxylic acids is 1. The molecule has 1 N–H and O–H groups in total. The quantitative estimate of drug-likeness (QED) is 0.0282. The zero-order chi connectivity index (χ0) is 45.6. The zero-order valence-electron chi connectivity index (χ0n) is 40.8. The fourth-order valence-corrected chi connectivity index (χ4v) is 7.36. The van der Waals surface area contributed by atoms with E-state index in [9.17, 15) is 19.5 Å². The first-order valence-electron chi connectivity index (χ1n) is 25.4. The van der Waals surface area contributed by atoms with E-state index in [1.54, 1.807) is 0 Å². The van der Waals surface area contributed by atoms with E-state index in [1.807, 2.05) is 57.6 Å². The van der Waals surface area contributed by atoms with Gasteiger partial charge >= 0.3 is 17.9 Å². The van der Waals surface area contributed by atoms with E-state index in [0.717, 1.165) is 64.2 Å². The fraction of sp³-hybridized carbons (Fsp3) is 0.759. The van der Waals surface area contributed by atoms with Gasteiger partial charge in [-0.3, -0.25) is 9.59 Å². The maximum Gasteiger partial charge on any atom is 0.362 e. The van der Waals surface area contributed by atoms with Crippen LogP contribution in [0.2, 0.25) is 0 Å². The highest BCUT2D eigenvalue weighted by atomic mass is 16.6. The van der Waals surface area contributed by atoms with Crippen LogP contribution in [0.4, 0.5) is 0 Å². The van der Waals surface area contributed by atoms with Crippen LogP contribution in [-0.2, 0) is 28.6 Å². The number of ether oxygens (including phenoxy) is 3. The van der Waals surface area contributed by atoms with Crippen LogP contribution in [0, 0.1) is 0 Å². The molecule has 0 heterocycles. The molecular formula is C54H96NO7+. The predicted octanol–water partition coefficient (Wildman–Crippen LogP) is 14.5. The van der Waals surface area contributed by atoms with Crippen molar-refractivity contribution in [1.29, 1.82) is 0 Å². The Labute approximate surface area is 381 Å². The van der Waals surface area contributed by atoms with Crippen molar-refractivity contribution in [3.8, 4) is 0 Å². The molecule has 0 aromatic heterocycles. The minimum Gasteiger partial charge on any atom is -0.477 e. The SMILES string of the molecule is CCC/C=C/C=C/C=C/C=C/C=C/CCCCCCCC(=O)OC(COCCC(C(=O)O)[N+](C)(C)C)COC(=O)CCCCCCCCCCCCCCCCCCCCCC. The lowest BCUT2D eigenvalue weighted by atomic mass is 10.0. The van der Waals surface area contributed by atoms with E-state index in [2.05, 4.69) is 38.2 Å². The van der Waals surface area contributed by atoms with Gasteiger partial charge in [0.1, 0.15) is 6.61 Å². The number of aliphatic carboxylic acids is 1. The van der Waals surface area contributed by atoms with Crippen molar-refractivity contribution in [2.75, 3.05) is 41.0 Å². The van der Waals surface area contributed by atoms with E-state index in [0.29, 0.717) is 19.3 Å². The summed E-state index contributed by atoms with van der Waals surface area (Å²) in [5.41, 5.74) is 0. The standard InChI is InChI=1S/C54H95NO7/c1-6-8-10-12-14-16-18-20-22-24-26-27-29-30-32-34-36-38-40-42-44-52(56)61-49-50(48-60-47-46-51(54(58)59)55(3,4)5)62-53(57)45-43-41-39-37-35-33-31-28-25-23-21-19-17-15-13-11-9-7-2/h11,13,15,17,19,21,23,25,28,31,50-51H,6-10,12,14,16,18,20,22,24,26-27,29-30,32-49H2,1-5H3/p+1/b13-11+,17-15+,21-19+,25-23+,31-28+. The first-order valence-corrected chi connectivity index (χ1v) is 25.4. The van der Waals surface area contributed by atoms with Gasteiger partial charge in [0.15, 0.2) is 12.1 Å². The van der Waals surface area contributed by atoms with Crippen molar-refractivity contribution >= 4 is 17.9 Å².